The summed E-state index contributed by atoms with van der Waals surface area (Å²) in [5.74, 6) is 0.272. The Labute approximate surface area is 80.2 Å². The molecule has 0 rings (SSSR count). The number of thioether (sulfide) groups is 1. The van der Waals surface area contributed by atoms with Gasteiger partial charge in [-0.3, -0.25) is 4.79 Å². The third-order valence-electron chi connectivity index (χ3n) is 1.21. The highest BCUT2D eigenvalue weighted by atomic mass is 35.5. The van der Waals surface area contributed by atoms with E-state index in [9.17, 15) is 4.79 Å². The smallest absolute Gasteiger partial charge is 0.320 e. The first-order chi connectivity index (χ1) is 5.06. The van der Waals surface area contributed by atoms with Crippen LogP contribution in [0.3, 0.4) is 0 Å². The van der Waals surface area contributed by atoms with Gasteiger partial charge in [0.05, 0.1) is 0 Å². The van der Waals surface area contributed by atoms with Crippen LogP contribution in [-0.2, 0) is 4.79 Å². The van der Waals surface area contributed by atoms with Gasteiger partial charge >= 0.3 is 5.97 Å². The minimum atomic E-state index is -0.892. The van der Waals surface area contributed by atoms with E-state index in [1.807, 2.05) is 0 Å². The predicted octanol–water partition coefficient (Wildman–Crippen LogP) is 2.04. The molecule has 0 amide bonds. The molecule has 1 N–H and O–H groups in total. The van der Waals surface area contributed by atoms with Gasteiger partial charge in [-0.15, -0.1) is 35.0 Å². The Bertz CT molecular complexity index is 143. The van der Waals surface area contributed by atoms with E-state index in [2.05, 4.69) is 0 Å². The van der Waals surface area contributed by atoms with Gasteiger partial charge in [-0.25, -0.2) is 0 Å². The molecule has 11 heavy (non-hydrogen) atoms. The first-order valence-electron chi connectivity index (χ1n) is 3.06. The molecule has 0 saturated heterocycles. The van der Waals surface area contributed by atoms with Gasteiger partial charge in [0, 0.05) is 17.5 Å². The molecule has 0 aliphatic heterocycles. The third kappa shape index (κ3) is 3.54. The van der Waals surface area contributed by atoms with Crippen LogP contribution in [0.2, 0.25) is 0 Å². The molecule has 2 nitrogen and oxygen atoms in total. The van der Waals surface area contributed by atoms with Crippen molar-refractivity contribution in [3.63, 3.8) is 0 Å². The van der Waals surface area contributed by atoms with Gasteiger partial charge in [0.1, 0.15) is 4.75 Å². The molecular weight excluding hydrogens is 207 g/mol. The number of carboxylic acid groups (broad SMARTS) is 1. The van der Waals surface area contributed by atoms with Gasteiger partial charge in [-0.2, -0.15) is 0 Å². The van der Waals surface area contributed by atoms with Crippen molar-refractivity contribution in [3.8, 4) is 0 Å². The molecule has 0 spiro atoms. The molecule has 0 aromatic rings. The minimum Gasteiger partial charge on any atom is -0.480 e. The lowest BCUT2D eigenvalue weighted by Gasteiger charge is -2.20. The van der Waals surface area contributed by atoms with E-state index in [0.29, 0.717) is 11.6 Å². The van der Waals surface area contributed by atoms with Crippen molar-refractivity contribution in [2.75, 3.05) is 17.5 Å². The van der Waals surface area contributed by atoms with Crippen molar-refractivity contribution < 1.29 is 9.90 Å². The van der Waals surface area contributed by atoms with Gasteiger partial charge in [0.2, 0.25) is 0 Å². The highest BCUT2D eigenvalue weighted by Gasteiger charge is 2.32. The molecule has 0 saturated carbocycles. The first-order valence-corrected chi connectivity index (χ1v) is 5.11. The summed E-state index contributed by atoms with van der Waals surface area (Å²) < 4.78 is -0.892. The van der Waals surface area contributed by atoms with Gasteiger partial charge in [-0.05, 0) is 6.92 Å². The average Bonchev–Trinajstić information content (AvgIpc) is 2.00. The average molecular weight is 217 g/mol. The number of halogens is 2. The number of rotatable bonds is 5. The Hall–Kier alpha value is 0.400. The second-order valence-electron chi connectivity index (χ2n) is 2.21. The zero-order chi connectivity index (χ0) is 8.91. The van der Waals surface area contributed by atoms with Crippen LogP contribution >= 0.6 is 35.0 Å². The molecule has 0 aliphatic carbocycles. The molecular formula is C6H10Cl2O2S. The minimum absolute atomic E-state index is 0.101. The van der Waals surface area contributed by atoms with E-state index in [0.717, 1.165) is 0 Å². The lowest BCUT2D eigenvalue weighted by molar-refractivity contribution is -0.138. The maximum Gasteiger partial charge on any atom is 0.320 e. The van der Waals surface area contributed by atoms with Crippen LogP contribution < -0.4 is 0 Å². The number of hydrogen-bond donors (Lipinski definition) is 1. The fourth-order valence-corrected chi connectivity index (χ4v) is 1.73. The summed E-state index contributed by atoms with van der Waals surface area (Å²) in [6.07, 6.45) is 0. The molecule has 1 unspecified atom stereocenters. The van der Waals surface area contributed by atoms with Crippen LogP contribution in [0.1, 0.15) is 6.92 Å². The third-order valence-corrected chi connectivity index (χ3v) is 3.68. The lowest BCUT2D eigenvalue weighted by Crippen LogP contribution is -2.33. The molecule has 66 valence electrons. The quantitative estimate of drug-likeness (QED) is 0.716. The van der Waals surface area contributed by atoms with E-state index >= 15 is 0 Å². The molecule has 0 aromatic carbocycles. The Balaban J connectivity index is 3.99. The van der Waals surface area contributed by atoms with Crippen molar-refractivity contribution in [3.05, 3.63) is 0 Å². The highest BCUT2D eigenvalue weighted by molar-refractivity contribution is 8.01. The molecule has 0 radical (unpaired) electrons. The standard InChI is InChI=1S/C6H10Cl2O2S/c1-6(4-8,5(9)10)11-3-2-7/h2-4H2,1H3,(H,9,10). The molecule has 0 aromatic heterocycles. The van der Waals surface area contributed by atoms with Crippen LogP contribution in [0, 0.1) is 0 Å². The van der Waals surface area contributed by atoms with Crippen molar-refractivity contribution >= 4 is 40.9 Å². The van der Waals surface area contributed by atoms with Gasteiger partial charge in [0.15, 0.2) is 0 Å². The molecule has 1 atom stereocenters. The number of aliphatic carboxylic acids is 1. The SMILES string of the molecule is CC(CCl)(SCCCl)C(=O)O. The zero-order valence-electron chi connectivity index (χ0n) is 6.14. The Kier molecular flexibility index (Phi) is 5.30. The van der Waals surface area contributed by atoms with Crippen LogP contribution in [-0.4, -0.2) is 33.3 Å². The summed E-state index contributed by atoms with van der Waals surface area (Å²) in [6, 6.07) is 0. The fraction of sp³-hybridized carbons (Fsp3) is 0.833. The Morgan fingerprint density at radius 1 is 1.64 bits per heavy atom. The van der Waals surface area contributed by atoms with Gasteiger partial charge < -0.3 is 5.11 Å². The fourth-order valence-electron chi connectivity index (χ4n) is 0.421. The van der Waals surface area contributed by atoms with Crippen LogP contribution in [0.25, 0.3) is 0 Å². The van der Waals surface area contributed by atoms with E-state index in [1.165, 1.54) is 11.8 Å². The van der Waals surface area contributed by atoms with Gasteiger partial charge in [-0.1, -0.05) is 0 Å². The second kappa shape index (κ2) is 5.12. The van der Waals surface area contributed by atoms with Gasteiger partial charge in [0.25, 0.3) is 0 Å². The lowest BCUT2D eigenvalue weighted by atomic mass is 10.2. The Morgan fingerprint density at radius 3 is 2.45 bits per heavy atom. The van der Waals surface area contributed by atoms with Crippen LogP contribution in [0.15, 0.2) is 0 Å². The molecule has 0 aliphatic rings. The summed E-state index contributed by atoms with van der Waals surface area (Å²) in [4.78, 5) is 10.6. The maximum absolute atomic E-state index is 10.6. The van der Waals surface area contributed by atoms with Crippen molar-refractivity contribution in [1.82, 2.24) is 0 Å². The summed E-state index contributed by atoms with van der Waals surface area (Å²) in [5, 5.41) is 8.71. The summed E-state index contributed by atoms with van der Waals surface area (Å²) in [6.45, 7) is 1.60. The normalized spacial score (nSPS) is 15.9. The van der Waals surface area contributed by atoms with E-state index in [4.69, 9.17) is 28.3 Å². The highest BCUT2D eigenvalue weighted by Crippen LogP contribution is 2.26. The van der Waals surface area contributed by atoms with Crippen LogP contribution in [0.5, 0.6) is 0 Å². The Morgan fingerprint density at radius 2 is 2.18 bits per heavy atom. The summed E-state index contributed by atoms with van der Waals surface area (Å²) in [5.41, 5.74) is 0. The van der Waals surface area contributed by atoms with Crippen molar-refractivity contribution in [2.45, 2.75) is 11.7 Å². The number of alkyl halides is 2. The predicted molar refractivity (Wildman–Crippen MR) is 49.9 cm³/mol. The molecule has 0 heterocycles. The van der Waals surface area contributed by atoms with Crippen molar-refractivity contribution in [1.29, 1.82) is 0 Å². The topological polar surface area (TPSA) is 37.3 Å². The molecule has 0 fully saturated rings. The maximum atomic E-state index is 10.6. The zero-order valence-corrected chi connectivity index (χ0v) is 8.47. The largest absolute Gasteiger partial charge is 0.480 e. The molecule has 5 heteroatoms. The summed E-state index contributed by atoms with van der Waals surface area (Å²) in [7, 11) is 0. The van der Waals surface area contributed by atoms with E-state index < -0.39 is 10.7 Å². The van der Waals surface area contributed by atoms with Crippen molar-refractivity contribution in [2.24, 2.45) is 0 Å². The monoisotopic (exact) mass is 216 g/mol. The number of carbonyl (C=O) groups is 1. The van der Waals surface area contributed by atoms with E-state index in [-0.39, 0.29) is 5.88 Å². The van der Waals surface area contributed by atoms with Crippen LogP contribution in [0.4, 0.5) is 0 Å². The number of hydrogen-bond acceptors (Lipinski definition) is 2. The summed E-state index contributed by atoms with van der Waals surface area (Å²) >= 11 is 12.2. The second-order valence-corrected chi connectivity index (χ2v) is 4.45. The van der Waals surface area contributed by atoms with E-state index in [1.54, 1.807) is 6.92 Å². The first kappa shape index (κ1) is 11.4. The molecule has 0 bridgehead atoms. The number of carboxylic acids is 1.